The third-order valence-corrected chi connectivity index (χ3v) is 4.04. The molecule has 0 aliphatic carbocycles. The van der Waals surface area contributed by atoms with Crippen LogP contribution >= 0.6 is 0 Å². The maximum absolute atomic E-state index is 12.7. The second-order valence-electron chi connectivity index (χ2n) is 6.01. The molecule has 3 rings (SSSR count). The predicted octanol–water partition coefficient (Wildman–Crippen LogP) is 3.77. The quantitative estimate of drug-likeness (QED) is 0.549. The summed E-state index contributed by atoms with van der Waals surface area (Å²) in [5, 5.41) is 6.03. The highest BCUT2D eigenvalue weighted by molar-refractivity contribution is 5.94. The first-order valence-electron chi connectivity index (χ1n) is 9.13. The van der Waals surface area contributed by atoms with Gasteiger partial charge in [0.05, 0.1) is 11.3 Å². The largest absolute Gasteiger partial charge is 0.293 e. The highest BCUT2D eigenvalue weighted by atomic mass is 16.2. The van der Waals surface area contributed by atoms with Crippen molar-refractivity contribution in [2.24, 2.45) is 0 Å². The number of hydrazine groups is 1. The SMILES string of the molecule is C/C=C\N(CC)NC(=O)c1ccc(-n2cccn2)c(C#Cc2ccccc2)c1. The zero-order valence-electron chi connectivity index (χ0n) is 16.0. The number of nitrogens with one attached hydrogen (secondary N) is 1. The molecule has 0 unspecified atom stereocenters. The molecule has 1 aromatic heterocycles. The van der Waals surface area contributed by atoms with Crippen molar-refractivity contribution in [2.45, 2.75) is 13.8 Å². The van der Waals surface area contributed by atoms with Crippen LogP contribution in [0.4, 0.5) is 0 Å². The van der Waals surface area contributed by atoms with Crippen LogP contribution in [0.2, 0.25) is 0 Å². The molecule has 2 aromatic carbocycles. The zero-order chi connectivity index (χ0) is 19.8. The Labute approximate surface area is 165 Å². The predicted molar refractivity (Wildman–Crippen MR) is 111 cm³/mol. The van der Waals surface area contributed by atoms with Crippen LogP contribution in [0.3, 0.4) is 0 Å². The molecule has 0 fully saturated rings. The smallest absolute Gasteiger partial charge is 0.269 e. The molecule has 5 nitrogen and oxygen atoms in total. The first kappa shape index (κ1) is 19.0. The lowest BCUT2D eigenvalue weighted by atomic mass is 10.1. The van der Waals surface area contributed by atoms with E-state index in [2.05, 4.69) is 22.4 Å². The number of benzene rings is 2. The Hall–Kier alpha value is -3.78. The van der Waals surface area contributed by atoms with Gasteiger partial charge in [-0.3, -0.25) is 15.2 Å². The van der Waals surface area contributed by atoms with E-state index in [-0.39, 0.29) is 5.91 Å². The van der Waals surface area contributed by atoms with Gasteiger partial charge in [0.25, 0.3) is 5.91 Å². The lowest BCUT2D eigenvalue weighted by Crippen LogP contribution is -2.38. The van der Waals surface area contributed by atoms with Crippen LogP contribution < -0.4 is 5.43 Å². The van der Waals surface area contributed by atoms with Gasteiger partial charge in [-0.15, -0.1) is 0 Å². The van der Waals surface area contributed by atoms with E-state index in [0.29, 0.717) is 12.1 Å². The standard InChI is InChI=1S/C23H22N4O/c1-3-16-26(4-2)25-23(28)21-13-14-22(27-17-8-15-24-27)20(18-21)12-11-19-9-6-5-7-10-19/h3,5-10,13-18H,4H2,1-2H3,(H,25,28)/b16-3-. The molecule has 0 bridgehead atoms. The van der Waals surface area contributed by atoms with Gasteiger partial charge in [-0.05, 0) is 50.2 Å². The van der Waals surface area contributed by atoms with E-state index in [1.807, 2.05) is 74.8 Å². The van der Waals surface area contributed by atoms with E-state index in [4.69, 9.17) is 0 Å². The van der Waals surface area contributed by atoms with Crippen molar-refractivity contribution in [3.63, 3.8) is 0 Å². The van der Waals surface area contributed by atoms with Crippen LogP contribution in [0.1, 0.15) is 35.3 Å². The minimum Gasteiger partial charge on any atom is -0.293 e. The maximum Gasteiger partial charge on any atom is 0.269 e. The van der Waals surface area contributed by atoms with Crippen LogP contribution in [-0.4, -0.2) is 27.2 Å². The van der Waals surface area contributed by atoms with Gasteiger partial charge >= 0.3 is 0 Å². The van der Waals surface area contributed by atoms with Crippen molar-refractivity contribution in [2.75, 3.05) is 6.54 Å². The number of nitrogens with zero attached hydrogens (tertiary/aromatic N) is 3. The molecule has 0 atom stereocenters. The van der Waals surface area contributed by atoms with E-state index in [9.17, 15) is 4.79 Å². The van der Waals surface area contributed by atoms with Crippen molar-refractivity contribution < 1.29 is 4.79 Å². The molecule has 0 aliphatic rings. The van der Waals surface area contributed by atoms with E-state index < -0.39 is 0 Å². The summed E-state index contributed by atoms with van der Waals surface area (Å²) in [6.45, 7) is 4.55. The van der Waals surface area contributed by atoms with E-state index in [1.54, 1.807) is 28.0 Å². The highest BCUT2D eigenvalue weighted by Crippen LogP contribution is 2.16. The van der Waals surface area contributed by atoms with E-state index in [1.165, 1.54) is 0 Å². The van der Waals surface area contributed by atoms with Crippen LogP contribution in [-0.2, 0) is 0 Å². The molecule has 1 N–H and O–H groups in total. The summed E-state index contributed by atoms with van der Waals surface area (Å²) in [5.41, 5.74) is 5.88. The molecule has 0 saturated heterocycles. The van der Waals surface area contributed by atoms with Gasteiger partial charge in [0, 0.05) is 36.3 Å². The van der Waals surface area contributed by atoms with Gasteiger partial charge in [-0.25, -0.2) is 4.68 Å². The average Bonchev–Trinajstić information content (AvgIpc) is 3.27. The summed E-state index contributed by atoms with van der Waals surface area (Å²) in [7, 11) is 0. The summed E-state index contributed by atoms with van der Waals surface area (Å²) in [6, 6.07) is 17.0. The Balaban J connectivity index is 1.96. The molecular weight excluding hydrogens is 348 g/mol. The van der Waals surface area contributed by atoms with Crippen molar-refractivity contribution in [3.8, 4) is 17.5 Å². The van der Waals surface area contributed by atoms with Crippen molar-refractivity contribution in [1.82, 2.24) is 20.2 Å². The van der Waals surface area contributed by atoms with Crippen molar-refractivity contribution >= 4 is 5.91 Å². The summed E-state index contributed by atoms with van der Waals surface area (Å²) in [6.07, 6.45) is 7.27. The van der Waals surface area contributed by atoms with Crippen LogP contribution in [0.25, 0.3) is 5.69 Å². The van der Waals surface area contributed by atoms with Gasteiger partial charge in [-0.1, -0.05) is 36.1 Å². The summed E-state index contributed by atoms with van der Waals surface area (Å²) < 4.78 is 1.74. The lowest BCUT2D eigenvalue weighted by molar-refractivity contribution is 0.0856. The fourth-order valence-corrected chi connectivity index (χ4v) is 2.65. The normalized spacial score (nSPS) is 10.4. The monoisotopic (exact) mass is 370 g/mol. The molecule has 140 valence electrons. The minimum absolute atomic E-state index is 0.185. The lowest BCUT2D eigenvalue weighted by Gasteiger charge is -2.19. The van der Waals surface area contributed by atoms with Gasteiger partial charge in [-0.2, -0.15) is 5.10 Å². The molecule has 5 heteroatoms. The van der Waals surface area contributed by atoms with Crippen molar-refractivity contribution in [3.05, 3.63) is 96.0 Å². The van der Waals surface area contributed by atoms with Crippen LogP contribution in [0.15, 0.2) is 79.3 Å². The minimum atomic E-state index is -0.185. The highest BCUT2D eigenvalue weighted by Gasteiger charge is 2.11. The van der Waals surface area contributed by atoms with Crippen LogP contribution in [0.5, 0.6) is 0 Å². The molecule has 1 heterocycles. The number of carbonyl (C=O) groups excluding carboxylic acids is 1. The Kier molecular flexibility index (Phi) is 6.27. The second kappa shape index (κ2) is 9.24. The van der Waals surface area contributed by atoms with Gasteiger partial charge in [0.1, 0.15) is 0 Å². The number of hydrogen-bond acceptors (Lipinski definition) is 3. The number of aromatic nitrogens is 2. The molecule has 0 saturated carbocycles. The number of carbonyl (C=O) groups is 1. The number of rotatable bonds is 5. The fourth-order valence-electron chi connectivity index (χ4n) is 2.65. The Morgan fingerprint density at radius 2 is 2.00 bits per heavy atom. The molecule has 1 amide bonds. The summed E-state index contributed by atoms with van der Waals surface area (Å²) >= 11 is 0. The summed E-state index contributed by atoms with van der Waals surface area (Å²) in [5.74, 6) is 6.16. The van der Waals surface area contributed by atoms with Crippen LogP contribution in [0, 0.1) is 11.8 Å². The average molecular weight is 370 g/mol. The number of allylic oxidation sites excluding steroid dienone is 1. The summed E-state index contributed by atoms with van der Waals surface area (Å²) in [4.78, 5) is 12.7. The molecule has 0 radical (unpaired) electrons. The third-order valence-electron chi connectivity index (χ3n) is 4.04. The molecule has 3 aromatic rings. The number of amides is 1. The Morgan fingerprint density at radius 1 is 1.18 bits per heavy atom. The second-order valence-corrected chi connectivity index (χ2v) is 6.01. The fraction of sp³-hybridized carbons (Fsp3) is 0.130. The Bertz CT molecular complexity index is 1010. The molecule has 0 aliphatic heterocycles. The van der Waals surface area contributed by atoms with Gasteiger partial charge < -0.3 is 0 Å². The molecular formula is C23H22N4O. The van der Waals surface area contributed by atoms with Gasteiger partial charge in [0.15, 0.2) is 0 Å². The molecule has 28 heavy (non-hydrogen) atoms. The van der Waals surface area contributed by atoms with Gasteiger partial charge in [0.2, 0.25) is 0 Å². The first-order chi connectivity index (χ1) is 13.7. The van der Waals surface area contributed by atoms with Crippen molar-refractivity contribution in [1.29, 1.82) is 0 Å². The maximum atomic E-state index is 12.7. The van der Waals surface area contributed by atoms with E-state index >= 15 is 0 Å². The number of hydrogen-bond donors (Lipinski definition) is 1. The third kappa shape index (κ3) is 4.68. The first-order valence-corrected chi connectivity index (χ1v) is 9.13. The zero-order valence-corrected chi connectivity index (χ0v) is 16.0. The Morgan fingerprint density at radius 3 is 2.68 bits per heavy atom. The van der Waals surface area contributed by atoms with E-state index in [0.717, 1.165) is 16.8 Å². The molecule has 0 spiro atoms. The topological polar surface area (TPSA) is 50.2 Å².